The van der Waals surface area contributed by atoms with Gasteiger partial charge in [0.1, 0.15) is 5.82 Å². The number of anilines is 3. The van der Waals surface area contributed by atoms with Gasteiger partial charge < -0.3 is 25.6 Å². The number of fused-ring (bicyclic) bond motifs is 1. The normalized spacial score (nSPS) is 19.7. The number of aromatic nitrogens is 2. The van der Waals surface area contributed by atoms with Crippen molar-refractivity contribution in [1.82, 2.24) is 20.6 Å². The summed E-state index contributed by atoms with van der Waals surface area (Å²) in [6, 6.07) is 4.04. The Balaban J connectivity index is 1.38. The van der Waals surface area contributed by atoms with Crippen LogP contribution in [0.25, 0.3) is 0 Å². The lowest BCUT2D eigenvalue weighted by atomic mass is 9.91. The zero-order valence-corrected chi connectivity index (χ0v) is 16.4. The van der Waals surface area contributed by atoms with E-state index in [1.165, 1.54) is 0 Å². The Bertz CT molecular complexity index is 889. The van der Waals surface area contributed by atoms with E-state index in [9.17, 15) is 4.79 Å². The Morgan fingerprint density at radius 2 is 1.93 bits per heavy atom. The molecular formula is C21H26N6O2. The van der Waals surface area contributed by atoms with Crippen LogP contribution in [0.3, 0.4) is 0 Å². The second kappa shape index (κ2) is 7.96. The topological polar surface area (TPSA) is 91.4 Å². The Morgan fingerprint density at radius 3 is 2.69 bits per heavy atom. The molecule has 2 aromatic heterocycles. The first kappa shape index (κ1) is 18.3. The maximum Gasteiger partial charge on any atom is 0.254 e. The molecule has 0 atom stereocenters. The van der Waals surface area contributed by atoms with Crippen molar-refractivity contribution in [1.29, 1.82) is 0 Å². The summed E-state index contributed by atoms with van der Waals surface area (Å²) in [6.45, 7) is 6.01. The Labute approximate surface area is 170 Å². The zero-order chi connectivity index (χ0) is 19.6. The average Bonchev–Trinajstić information content (AvgIpc) is 3.18. The number of amides is 1. The van der Waals surface area contributed by atoms with Crippen LogP contribution in [0.4, 0.5) is 17.2 Å². The van der Waals surface area contributed by atoms with Crippen LogP contribution in [-0.2, 0) is 11.3 Å². The molecule has 0 spiro atoms. The van der Waals surface area contributed by atoms with E-state index in [-0.39, 0.29) is 5.91 Å². The molecule has 0 aromatic carbocycles. The van der Waals surface area contributed by atoms with Gasteiger partial charge in [0.2, 0.25) is 0 Å². The fraction of sp³-hybridized carbons (Fsp3) is 0.476. The van der Waals surface area contributed by atoms with Gasteiger partial charge in [-0.2, -0.15) is 0 Å². The number of carbonyl (C=O) groups is 1. The summed E-state index contributed by atoms with van der Waals surface area (Å²) >= 11 is 0. The molecule has 0 saturated carbocycles. The van der Waals surface area contributed by atoms with Crippen LogP contribution in [-0.4, -0.2) is 55.3 Å². The summed E-state index contributed by atoms with van der Waals surface area (Å²) < 4.78 is 5.48. The van der Waals surface area contributed by atoms with Crippen molar-refractivity contribution >= 4 is 23.1 Å². The number of rotatable bonds is 4. The first-order valence-electron chi connectivity index (χ1n) is 10.4. The van der Waals surface area contributed by atoms with Crippen molar-refractivity contribution in [3.8, 4) is 0 Å². The molecule has 8 heteroatoms. The number of hydrogen-bond acceptors (Lipinski definition) is 7. The van der Waals surface area contributed by atoms with Gasteiger partial charge in [-0.1, -0.05) is 0 Å². The van der Waals surface area contributed by atoms with Crippen molar-refractivity contribution in [3.63, 3.8) is 0 Å². The van der Waals surface area contributed by atoms with Crippen molar-refractivity contribution in [3.05, 3.63) is 41.3 Å². The van der Waals surface area contributed by atoms with Gasteiger partial charge >= 0.3 is 0 Å². The smallest absolute Gasteiger partial charge is 0.254 e. The minimum absolute atomic E-state index is 0.0457. The zero-order valence-electron chi connectivity index (χ0n) is 16.4. The predicted molar refractivity (Wildman–Crippen MR) is 111 cm³/mol. The van der Waals surface area contributed by atoms with Crippen molar-refractivity contribution < 1.29 is 9.53 Å². The Hall–Kier alpha value is -2.71. The largest absolute Gasteiger partial charge is 0.381 e. The summed E-state index contributed by atoms with van der Waals surface area (Å²) in [6.07, 6.45) is 5.57. The lowest BCUT2D eigenvalue weighted by molar-refractivity contribution is 0.0843. The molecule has 5 heterocycles. The van der Waals surface area contributed by atoms with E-state index in [1.54, 1.807) is 6.20 Å². The second-order valence-corrected chi connectivity index (χ2v) is 7.74. The van der Waals surface area contributed by atoms with E-state index in [1.807, 2.05) is 12.3 Å². The Morgan fingerprint density at radius 1 is 1.10 bits per heavy atom. The van der Waals surface area contributed by atoms with Gasteiger partial charge in [-0.25, -0.2) is 4.98 Å². The molecule has 1 amide bonds. The molecule has 2 fully saturated rings. The van der Waals surface area contributed by atoms with Gasteiger partial charge in [0.05, 0.1) is 29.3 Å². The molecule has 2 saturated heterocycles. The van der Waals surface area contributed by atoms with E-state index in [4.69, 9.17) is 9.72 Å². The number of piperazine rings is 1. The van der Waals surface area contributed by atoms with Crippen LogP contribution in [0, 0.1) is 0 Å². The molecule has 8 nitrogen and oxygen atoms in total. The van der Waals surface area contributed by atoms with Crippen molar-refractivity contribution in [2.75, 3.05) is 49.6 Å². The van der Waals surface area contributed by atoms with Crippen LogP contribution in [0.2, 0.25) is 0 Å². The van der Waals surface area contributed by atoms with Gasteiger partial charge in [0.25, 0.3) is 5.91 Å². The van der Waals surface area contributed by atoms with Gasteiger partial charge in [0, 0.05) is 63.1 Å². The van der Waals surface area contributed by atoms with Crippen LogP contribution >= 0.6 is 0 Å². The second-order valence-electron chi connectivity index (χ2n) is 7.74. The number of nitrogens with zero attached hydrogens (tertiary/aromatic N) is 3. The monoisotopic (exact) mass is 394 g/mol. The maximum absolute atomic E-state index is 12.5. The van der Waals surface area contributed by atoms with Gasteiger partial charge in [0.15, 0.2) is 0 Å². The Kier molecular flexibility index (Phi) is 5.03. The average molecular weight is 394 g/mol. The highest BCUT2D eigenvalue weighted by Crippen LogP contribution is 2.35. The molecule has 0 unspecified atom stereocenters. The molecule has 3 aliphatic rings. The minimum atomic E-state index is -0.0457. The summed E-state index contributed by atoms with van der Waals surface area (Å²) in [4.78, 5) is 24.2. The molecule has 152 valence electrons. The standard InChI is InChI=1S/C21H26N6O2/c28-21-19-16(12-25-21)20(14-3-9-29-10-4-14)24-13-17(19)26-18-2-1-15(11-23-18)27-7-5-22-6-8-27/h1-2,11,13-14,22H,3-10,12H2,(H,23,26)(H,25,28). The third-order valence-electron chi connectivity index (χ3n) is 5.97. The van der Waals surface area contributed by atoms with E-state index in [0.717, 1.165) is 69.2 Å². The number of hydrogen-bond donors (Lipinski definition) is 3. The summed E-state index contributed by atoms with van der Waals surface area (Å²) in [7, 11) is 0. The third kappa shape index (κ3) is 3.65. The van der Waals surface area contributed by atoms with Gasteiger partial charge in [-0.05, 0) is 25.0 Å². The van der Waals surface area contributed by atoms with Crippen molar-refractivity contribution in [2.45, 2.75) is 25.3 Å². The summed E-state index contributed by atoms with van der Waals surface area (Å²) in [5, 5.41) is 9.62. The first-order chi connectivity index (χ1) is 14.3. The highest BCUT2D eigenvalue weighted by atomic mass is 16.5. The van der Waals surface area contributed by atoms with Crippen LogP contribution < -0.4 is 20.9 Å². The molecule has 3 aliphatic heterocycles. The third-order valence-corrected chi connectivity index (χ3v) is 5.97. The number of pyridine rings is 2. The minimum Gasteiger partial charge on any atom is -0.381 e. The lowest BCUT2D eigenvalue weighted by Gasteiger charge is -2.29. The van der Waals surface area contributed by atoms with Gasteiger partial charge in [-0.3, -0.25) is 9.78 Å². The molecule has 2 aromatic rings. The fourth-order valence-electron chi connectivity index (χ4n) is 4.39. The van der Waals surface area contributed by atoms with E-state index < -0.39 is 0 Å². The van der Waals surface area contributed by atoms with E-state index in [2.05, 4.69) is 31.9 Å². The highest BCUT2D eigenvalue weighted by Gasteiger charge is 2.30. The number of carbonyl (C=O) groups excluding carboxylic acids is 1. The molecule has 3 N–H and O–H groups in total. The molecular weight excluding hydrogens is 368 g/mol. The quantitative estimate of drug-likeness (QED) is 0.728. The summed E-state index contributed by atoms with van der Waals surface area (Å²) in [5.41, 5.74) is 4.59. The van der Waals surface area contributed by atoms with Crippen LogP contribution in [0.15, 0.2) is 24.5 Å². The lowest BCUT2D eigenvalue weighted by Crippen LogP contribution is -2.43. The van der Waals surface area contributed by atoms with Crippen LogP contribution in [0.1, 0.15) is 40.4 Å². The maximum atomic E-state index is 12.5. The van der Waals surface area contributed by atoms with Gasteiger partial charge in [-0.15, -0.1) is 0 Å². The highest BCUT2D eigenvalue weighted by molar-refractivity contribution is 6.04. The fourth-order valence-corrected chi connectivity index (χ4v) is 4.39. The summed E-state index contributed by atoms with van der Waals surface area (Å²) in [5.74, 6) is 1.03. The molecule has 0 bridgehead atoms. The molecule has 5 rings (SSSR count). The number of ether oxygens (including phenoxy) is 1. The predicted octanol–water partition coefficient (Wildman–Crippen LogP) is 1.77. The first-order valence-corrected chi connectivity index (χ1v) is 10.4. The molecule has 29 heavy (non-hydrogen) atoms. The van der Waals surface area contributed by atoms with Crippen LogP contribution in [0.5, 0.6) is 0 Å². The van der Waals surface area contributed by atoms with E-state index >= 15 is 0 Å². The SMILES string of the molecule is O=C1NCc2c(C3CCOCC3)ncc(Nc3ccc(N4CCNCC4)cn3)c21. The number of nitrogens with one attached hydrogen (secondary N) is 3. The van der Waals surface area contributed by atoms with Crippen molar-refractivity contribution in [2.24, 2.45) is 0 Å². The van der Waals surface area contributed by atoms with E-state index in [0.29, 0.717) is 29.5 Å². The molecule has 0 radical (unpaired) electrons. The molecule has 0 aliphatic carbocycles.